The van der Waals surface area contributed by atoms with Gasteiger partial charge in [-0.3, -0.25) is 0 Å². The van der Waals surface area contributed by atoms with Crippen LogP contribution in [0.2, 0.25) is 0 Å². The van der Waals surface area contributed by atoms with Gasteiger partial charge in [0.1, 0.15) is 11.9 Å². The number of alkyl halides is 3. The number of aliphatic hydroxyl groups excluding tert-OH is 1. The smallest absolute Gasteiger partial charge is 0.389 e. The van der Waals surface area contributed by atoms with E-state index in [-0.39, 0.29) is 53.4 Å². The lowest BCUT2D eigenvalue weighted by molar-refractivity contribution is -0.162. The molecule has 2 saturated carbocycles. The lowest BCUT2D eigenvalue weighted by atomic mass is 10.1. The first kappa shape index (κ1) is 26.7. The first-order valence-electron chi connectivity index (χ1n) is 12.8. The molecule has 3 aromatic rings. The third-order valence-electron chi connectivity index (χ3n) is 7.43. The Labute approximate surface area is 225 Å². The van der Waals surface area contributed by atoms with Gasteiger partial charge in [-0.15, -0.1) is 5.10 Å². The number of hydrogen-bond donors (Lipinski definition) is 2. The van der Waals surface area contributed by atoms with E-state index in [1.807, 2.05) is 13.8 Å². The summed E-state index contributed by atoms with van der Waals surface area (Å²) in [5.74, 6) is -1.03. The van der Waals surface area contributed by atoms with Crippen molar-refractivity contribution in [2.45, 2.75) is 80.4 Å². The van der Waals surface area contributed by atoms with Crippen LogP contribution in [0.25, 0.3) is 11.2 Å². The molecule has 0 amide bonds. The van der Waals surface area contributed by atoms with Crippen molar-refractivity contribution in [1.29, 1.82) is 0 Å². The number of aliphatic hydroxyl groups is 1. The van der Waals surface area contributed by atoms with Crippen LogP contribution in [-0.4, -0.2) is 72.6 Å². The molecule has 3 heterocycles. The molecule has 9 nitrogen and oxygen atoms in total. The quantitative estimate of drug-likeness (QED) is 0.232. The number of nitrogens with one attached hydrogen (secondary N) is 1. The number of aromatic nitrogens is 5. The first-order chi connectivity index (χ1) is 18.5. The Hall–Kier alpha value is -2.55. The van der Waals surface area contributed by atoms with Gasteiger partial charge in [0.25, 0.3) is 0 Å². The molecule has 2 aromatic heterocycles. The highest BCUT2D eigenvalue weighted by molar-refractivity contribution is 7.99. The minimum atomic E-state index is -4.29. The standard InChI is InChI=1S/C25H28F4N6O3S/c1-24(2)37-19-13(11-36)9-17(20(19)38-24)35-22-18(33-34-35)21(31-23(32-22)39-8-7-25(27,28)29)30-16-10-15(16)12-3-5-14(26)6-4-12/h3-6,13,15-17,19-20,36H,7-11H2,1-2H3,(H,30,31,32)/t13-,15+,16-,17-,19-,20+/m1/s1. The number of rotatable bonds is 8. The number of ether oxygens (including phenoxy) is 2. The minimum Gasteiger partial charge on any atom is -0.396 e. The normalized spacial score (nSPS) is 29.6. The maximum Gasteiger partial charge on any atom is 0.389 e. The average Bonchev–Trinajstić information content (AvgIpc) is 3.19. The molecule has 3 fully saturated rings. The Morgan fingerprint density at radius 3 is 2.59 bits per heavy atom. The molecule has 1 aromatic carbocycles. The predicted molar refractivity (Wildman–Crippen MR) is 134 cm³/mol. The van der Waals surface area contributed by atoms with Gasteiger partial charge >= 0.3 is 6.18 Å². The van der Waals surface area contributed by atoms with E-state index in [0.29, 0.717) is 23.4 Å². The minimum absolute atomic E-state index is 0.00580. The molecule has 0 spiro atoms. The van der Waals surface area contributed by atoms with Gasteiger partial charge in [-0.05, 0) is 44.4 Å². The van der Waals surface area contributed by atoms with Crippen molar-refractivity contribution in [1.82, 2.24) is 25.0 Å². The number of benzene rings is 1. The molecule has 2 N–H and O–H groups in total. The van der Waals surface area contributed by atoms with Gasteiger partial charge in [0, 0.05) is 30.2 Å². The SMILES string of the molecule is CC1(C)O[C@@H]2[C@@H](CO)C[C@@H](n3nnc4c(N[C@@H]5C[C@H]5c5ccc(F)cc5)nc(SCCC(F)(F)F)nc43)[C@@H]2O1. The van der Waals surface area contributed by atoms with E-state index in [4.69, 9.17) is 9.47 Å². The second-order valence-corrected chi connectivity index (χ2v) is 11.8. The highest BCUT2D eigenvalue weighted by atomic mass is 32.2. The lowest BCUT2D eigenvalue weighted by Crippen LogP contribution is -2.28. The van der Waals surface area contributed by atoms with Gasteiger partial charge in [-0.2, -0.15) is 13.2 Å². The van der Waals surface area contributed by atoms with E-state index >= 15 is 0 Å². The second-order valence-electron chi connectivity index (χ2n) is 10.7. The number of anilines is 1. The Bertz CT molecular complexity index is 1350. The summed E-state index contributed by atoms with van der Waals surface area (Å²) in [6, 6.07) is 5.96. The fourth-order valence-corrected chi connectivity index (χ4v) is 6.36. The molecule has 1 saturated heterocycles. The highest BCUT2D eigenvalue weighted by Crippen LogP contribution is 2.48. The summed E-state index contributed by atoms with van der Waals surface area (Å²) < 4.78 is 65.6. The van der Waals surface area contributed by atoms with Crippen molar-refractivity contribution >= 4 is 28.7 Å². The maximum atomic E-state index is 13.4. The Kier molecular flexibility index (Phi) is 6.71. The Morgan fingerprint density at radius 2 is 1.87 bits per heavy atom. The summed E-state index contributed by atoms with van der Waals surface area (Å²) in [5.41, 5.74) is 1.74. The van der Waals surface area contributed by atoms with E-state index in [0.717, 1.165) is 23.7 Å². The van der Waals surface area contributed by atoms with Gasteiger partial charge in [0.15, 0.2) is 27.9 Å². The monoisotopic (exact) mass is 568 g/mol. The van der Waals surface area contributed by atoms with Crippen LogP contribution in [0.15, 0.2) is 29.4 Å². The van der Waals surface area contributed by atoms with Crippen LogP contribution in [0.4, 0.5) is 23.4 Å². The fraction of sp³-hybridized carbons (Fsp3) is 0.600. The number of halogens is 4. The van der Waals surface area contributed by atoms with Crippen LogP contribution >= 0.6 is 11.8 Å². The van der Waals surface area contributed by atoms with Crippen LogP contribution in [0, 0.1) is 11.7 Å². The summed E-state index contributed by atoms with van der Waals surface area (Å²) in [7, 11) is 0. The van der Waals surface area contributed by atoms with Crippen LogP contribution in [0.1, 0.15) is 50.6 Å². The van der Waals surface area contributed by atoms with E-state index in [1.54, 1.807) is 16.8 Å². The van der Waals surface area contributed by atoms with Gasteiger partial charge in [-0.1, -0.05) is 29.1 Å². The van der Waals surface area contributed by atoms with Crippen LogP contribution in [0.5, 0.6) is 0 Å². The molecule has 0 radical (unpaired) electrons. The van der Waals surface area contributed by atoms with Gasteiger partial charge in [0.05, 0.1) is 18.6 Å². The van der Waals surface area contributed by atoms with Gasteiger partial charge < -0.3 is 19.9 Å². The summed E-state index contributed by atoms with van der Waals surface area (Å²) in [6.45, 7) is 3.53. The lowest BCUT2D eigenvalue weighted by Gasteiger charge is -2.23. The summed E-state index contributed by atoms with van der Waals surface area (Å²) in [4.78, 5) is 9.06. The van der Waals surface area contributed by atoms with Crippen molar-refractivity contribution < 1.29 is 32.1 Å². The molecule has 39 heavy (non-hydrogen) atoms. The maximum absolute atomic E-state index is 13.4. The Balaban J connectivity index is 1.31. The molecular weight excluding hydrogens is 540 g/mol. The van der Waals surface area contributed by atoms with E-state index in [9.17, 15) is 22.7 Å². The molecule has 0 bridgehead atoms. The summed E-state index contributed by atoms with van der Waals surface area (Å²) >= 11 is 0.913. The molecule has 6 rings (SSSR count). The zero-order valence-corrected chi connectivity index (χ0v) is 22.0. The first-order valence-corrected chi connectivity index (χ1v) is 13.8. The van der Waals surface area contributed by atoms with Crippen molar-refractivity contribution in [3.05, 3.63) is 35.6 Å². The van der Waals surface area contributed by atoms with Crippen molar-refractivity contribution in [3.8, 4) is 0 Å². The van der Waals surface area contributed by atoms with Crippen molar-refractivity contribution in [3.63, 3.8) is 0 Å². The molecule has 210 valence electrons. The third-order valence-corrected chi connectivity index (χ3v) is 8.28. The van der Waals surface area contributed by atoms with E-state index in [1.165, 1.54) is 12.1 Å². The molecule has 2 aliphatic carbocycles. The zero-order chi connectivity index (χ0) is 27.5. The average molecular weight is 569 g/mol. The van der Waals surface area contributed by atoms with Crippen molar-refractivity contribution in [2.24, 2.45) is 5.92 Å². The molecule has 1 aliphatic heterocycles. The summed E-state index contributed by atoms with van der Waals surface area (Å²) in [6.07, 6.45) is -4.70. The van der Waals surface area contributed by atoms with Crippen molar-refractivity contribution in [2.75, 3.05) is 17.7 Å². The van der Waals surface area contributed by atoms with Gasteiger partial charge in [0.2, 0.25) is 0 Å². The molecule has 3 aliphatic rings. The Morgan fingerprint density at radius 1 is 1.13 bits per heavy atom. The van der Waals surface area contributed by atoms with E-state index < -0.39 is 24.5 Å². The largest absolute Gasteiger partial charge is 0.396 e. The number of nitrogens with zero attached hydrogens (tertiary/aromatic N) is 5. The predicted octanol–water partition coefficient (Wildman–Crippen LogP) is 4.45. The zero-order valence-electron chi connectivity index (χ0n) is 21.2. The van der Waals surface area contributed by atoms with Crippen LogP contribution in [-0.2, 0) is 9.47 Å². The number of hydrogen-bond acceptors (Lipinski definition) is 9. The second kappa shape index (κ2) is 9.82. The number of thioether (sulfide) groups is 1. The van der Waals surface area contributed by atoms with E-state index in [2.05, 4.69) is 25.6 Å². The number of fused-ring (bicyclic) bond motifs is 2. The van der Waals surface area contributed by atoms with Crippen LogP contribution < -0.4 is 5.32 Å². The molecular formula is C25H28F4N6O3S. The fourth-order valence-electron chi connectivity index (χ4n) is 5.54. The molecule has 14 heteroatoms. The topological polar surface area (TPSA) is 107 Å². The molecule has 6 atom stereocenters. The van der Waals surface area contributed by atoms with Crippen LogP contribution in [0.3, 0.4) is 0 Å². The molecule has 0 unspecified atom stereocenters. The summed E-state index contributed by atoms with van der Waals surface area (Å²) in [5, 5.41) is 22.2. The van der Waals surface area contributed by atoms with Gasteiger partial charge in [-0.25, -0.2) is 19.0 Å². The third kappa shape index (κ3) is 5.43. The highest BCUT2D eigenvalue weighted by Gasteiger charge is 2.55.